The normalized spacial score (nSPS) is 15.9. The van der Waals surface area contributed by atoms with Crippen molar-refractivity contribution >= 4 is 17.1 Å². The first-order valence-corrected chi connectivity index (χ1v) is 6.56. The van der Waals surface area contributed by atoms with Gasteiger partial charge in [-0.05, 0) is 19.4 Å². The van der Waals surface area contributed by atoms with Crippen LogP contribution in [0.2, 0.25) is 0 Å². The van der Waals surface area contributed by atoms with Crippen LogP contribution < -0.4 is 10.2 Å². The predicted molar refractivity (Wildman–Crippen MR) is 74.9 cm³/mol. The molecule has 0 atom stereocenters. The molecule has 0 bridgehead atoms. The van der Waals surface area contributed by atoms with Crippen LogP contribution in [-0.4, -0.2) is 37.8 Å². The van der Waals surface area contributed by atoms with Crippen molar-refractivity contribution in [1.29, 1.82) is 0 Å². The lowest BCUT2D eigenvalue weighted by molar-refractivity contribution is -0.384. The fourth-order valence-electron chi connectivity index (χ4n) is 2.19. The van der Waals surface area contributed by atoms with E-state index in [-0.39, 0.29) is 10.6 Å². The molecule has 1 saturated heterocycles. The number of non-ortho nitro benzene ring substituents is 1. The minimum atomic E-state index is -0.349. The summed E-state index contributed by atoms with van der Waals surface area (Å²) in [4.78, 5) is 12.8. The summed E-state index contributed by atoms with van der Waals surface area (Å²) in [6, 6.07) is 5.16. The van der Waals surface area contributed by atoms with E-state index in [2.05, 4.69) is 10.2 Å². The second-order valence-electron chi connectivity index (χ2n) is 4.48. The number of rotatable bonds is 4. The Bertz CT molecular complexity index is 443. The lowest BCUT2D eigenvalue weighted by atomic mass is 10.2. The molecular weight excluding hydrogens is 246 g/mol. The Morgan fingerprint density at radius 2 is 2.21 bits per heavy atom. The lowest BCUT2D eigenvalue weighted by Crippen LogP contribution is -2.26. The fraction of sp³-hybridized carbons (Fsp3) is 0.538. The topological polar surface area (TPSA) is 67.6 Å². The van der Waals surface area contributed by atoms with Crippen molar-refractivity contribution in [1.82, 2.24) is 0 Å². The second-order valence-corrected chi connectivity index (χ2v) is 4.48. The van der Waals surface area contributed by atoms with Crippen LogP contribution >= 0.6 is 0 Å². The zero-order valence-corrected chi connectivity index (χ0v) is 11.1. The maximum atomic E-state index is 11.0. The number of nitro benzene ring substituents is 1. The number of ether oxygens (including phenoxy) is 1. The van der Waals surface area contributed by atoms with Gasteiger partial charge in [-0.2, -0.15) is 0 Å². The summed E-state index contributed by atoms with van der Waals surface area (Å²) in [6.07, 6.45) is 0.944. The smallest absolute Gasteiger partial charge is 0.273 e. The van der Waals surface area contributed by atoms with Crippen molar-refractivity contribution in [3.8, 4) is 0 Å². The number of nitrogens with zero attached hydrogens (tertiary/aromatic N) is 2. The average Bonchev–Trinajstić information content (AvgIpc) is 2.67. The zero-order chi connectivity index (χ0) is 13.7. The maximum absolute atomic E-state index is 11.0. The number of benzene rings is 1. The molecule has 6 nitrogen and oxygen atoms in total. The summed E-state index contributed by atoms with van der Waals surface area (Å²) in [5, 5.41) is 14.1. The summed E-state index contributed by atoms with van der Waals surface area (Å²) in [5.74, 6) is 0. The molecule has 1 aliphatic heterocycles. The van der Waals surface area contributed by atoms with Gasteiger partial charge in [0.2, 0.25) is 0 Å². The van der Waals surface area contributed by atoms with E-state index in [4.69, 9.17) is 4.74 Å². The highest BCUT2D eigenvalue weighted by Gasteiger charge is 2.15. The molecule has 0 saturated carbocycles. The van der Waals surface area contributed by atoms with Crippen LogP contribution in [0.25, 0.3) is 0 Å². The Morgan fingerprint density at radius 3 is 2.95 bits per heavy atom. The van der Waals surface area contributed by atoms with Crippen molar-refractivity contribution in [2.75, 3.05) is 43.1 Å². The molecular formula is C13H19N3O3. The monoisotopic (exact) mass is 265 g/mol. The number of hydrogen-bond acceptors (Lipinski definition) is 5. The van der Waals surface area contributed by atoms with Gasteiger partial charge in [0.1, 0.15) is 0 Å². The summed E-state index contributed by atoms with van der Waals surface area (Å²) in [5.41, 5.74) is 1.80. The van der Waals surface area contributed by atoms with Gasteiger partial charge in [-0.1, -0.05) is 0 Å². The van der Waals surface area contributed by atoms with E-state index < -0.39 is 0 Å². The van der Waals surface area contributed by atoms with Crippen LogP contribution in [0.5, 0.6) is 0 Å². The van der Waals surface area contributed by atoms with E-state index in [1.807, 2.05) is 13.0 Å². The van der Waals surface area contributed by atoms with E-state index in [9.17, 15) is 10.1 Å². The van der Waals surface area contributed by atoms with E-state index >= 15 is 0 Å². The van der Waals surface area contributed by atoms with Gasteiger partial charge in [0, 0.05) is 49.7 Å². The highest BCUT2D eigenvalue weighted by atomic mass is 16.6. The minimum Gasteiger partial charge on any atom is -0.385 e. The SMILES string of the molecule is CCNc1cc(N2CCCOCC2)cc([N+](=O)[O-])c1. The van der Waals surface area contributed by atoms with Crippen molar-refractivity contribution < 1.29 is 9.66 Å². The molecule has 1 aromatic rings. The van der Waals surface area contributed by atoms with E-state index in [1.165, 1.54) is 0 Å². The molecule has 1 aliphatic rings. The first kappa shape index (κ1) is 13.6. The van der Waals surface area contributed by atoms with Crippen molar-refractivity contribution in [3.63, 3.8) is 0 Å². The molecule has 6 heteroatoms. The Labute approximate surface area is 112 Å². The first-order valence-electron chi connectivity index (χ1n) is 6.56. The third-order valence-corrected chi connectivity index (χ3v) is 3.08. The average molecular weight is 265 g/mol. The number of anilines is 2. The minimum absolute atomic E-state index is 0.124. The Morgan fingerprint density at radius 1 is 1.37 bits per heavy atom. The molecule has 1 aromatic carbocycles. The standard InChI is InChI=1S/C13H19N3O3/c1-2-14-11-8-12(10-13(9-11)16(17)18)15-4-3-6-19-7-5-15/h8-10,14H,2-7H2,1H3. The number of nitrogens with one attached hydrogen (secondary N) is 1. The number of nitro groups is 1. The molecule has 0 spiro atoms. The van der Waals surface area contributed by atoms with Gasteiger partial charge in [-0.3, -0.25) is 10.1 Å². The third kappa shape index (κ3) is 3.57. The fourth-order valence-corrected chi connectivity index (χ4v) is 2.19. The molecule has 104 valence electrons. The van der Waals surface area contributed by atoms with Crippen LogP contribution in [0.15, 0.2) is 18.2 Å². The molecule has 0 aromatic heterocycles. The van der Waals surface area contributed by atoms with Crippen LogP contribution in [0, 0.1) is 10.1 Å². The first-order chi connectivity index (χ1) is 9.20. The maximum Gasteiger partial charge on any atom is 0.273 e. The van der Waals surface area contributed by atoms with E-state index in [1.54, 1.807) is 12.1 Å². The summed E-state index contributed by atoms with van der Waals surface area (Å²) in [6.45, 7) is 5.77. The van der Waals surface area contributed by atoms with Crippen LogP contribution in [0.1, 0.15) is 13.3 Å². The van der Waals surface area contributed by atoms with Gasteiger partial charge in [-0.15, -0.1) is 0 Å². The van der Waals surface area contributed by atoms with E-state index in [0.717, 1.165) is 44.0 Å². The Kier molecular flexibility index (Phi) is 4.57. The van der Waals surface area contributed by atoms with Gasteiger partial charge in [-0.25, -0.2) is 0 Å². The van der Waals surface area contributed by atoms with Crippen molar-refractivity contribution in [2.45, 2.75) is 13.3 Å². The van der Waals surface area contributed by atoms with Crippen LogP contribution in [0.4, 0.5) is 17.1 Å². The second kappa shape index (κ2) is 6.38. The molecule has 1 heterocycles. The summed E-state index contributed by atoms with van der Waals surface area (Å²) < 4.78 is 5.41. The van der Waals surface area contributed by atoms with Gasteiger partial charge < -0.3 is 15.0 Å². The largest absolute Gasteiger partial charge is 0.385 e. The third-order valence-electron chi connectivity index (χ3n) is 3.08. The van der Waals surface area contributed by atoms with Crippen LogP contribution in [-0.2, 0) is 4.74 Å². The molecule has 0 radical (unpaired) electrons. The summed E-state index contributed by atoms with van der Waals surface area (Å²) in [7, 11) is 0. The molecule has 2 rings (SSSR count). The van der Waals surface area contributed by atoms with Gasteiger partial charge in [0.15, 0.2) is 0 Å². The van der Waals surface area contributed by atoms with Gasteiger partial charge in [0.05, 0.1) is 11.5 Å². The van der Waals surface area contributed by atoms with Gasteiger partial charge in [0.25, 0.3) is 5.69 Å². The predicted octanol–water partition coefficient (Wildman–Crippen LogP) is 2.25. The molecule has 0 unspecified atom stereocenters. The molecule has 1 fully saturated rings. The van der Waals surface area contributed by atoms with E-state index in [0.29, 0.717) is 6.61 Å². The summed E-state index contributed by atoms with van der Waals surface area (Å²) >= 11 is 0. The van der Waals surface area contributed by atoms with Crippen molar-refractivity contribution in [3.05, 3.63) is 28.3 Å². The number of hydrogen-bond donors (Lipinski definition) is 1. The van der Waals surface area contributed by atoms with Gasteiger partial charge >= 0.3 is 0 Å². The quantitative estimate of drug-likeness (QED) is 0.668. The Balaban J connectivity index is 2.28. The molecule has 19 heavy (non-hydrogen) atoms. The highest BCUT2D eigenvalue weighted by Crippen LogP contribution is 2.27. The zero-order valence-electron chi connectivity index (χ0n) is 11.1. The molecule has 0 aliphatic carbocycles. The molecule has 1 N–H and O–H groups in total. The van der Waals surface area contributed by atoms with Crippen molar-refractivity contribution in [2.24, 2.45) is 0 Å². The highest BCUT2D eigenvalue weighted by molar-refractivity contribution is 5.64. The van der Waals surface area contributed by atoms with Crippen LogP contribution in [0.3, 0.4) is 0 Å². The Hall–Kier alpha value is -1.82. The molecule has 0 amide bonds. The lowest BCUT2D eigenvalue weighted by Gasteiger charge is -2.22.